The van der Waals surface area contributed by atoms with Crippen LogP contribution < -0.4 is 5.32 Å². The second-order valence-electron chi connectivity index (χ2n) is 6.82. The molecule has 0 aromatic heterocycles. The number of hydrogen-bond acceptors (Lipinski definition) is 2. The van der Waals surface area contributed by atoms with Gasteiger partial charge in [0.15, 0.2) is 0 Å². The van der Waals surface area contributed by atoms with Crippen LogP contribution in [-0.2, 0) is 10.2 Å². The third-order valence-electron chi connectivity index (χ3n) is 5.48. The molecule has 2 saturated carbocycles. The molecule has 22 heavy (non-hydrogen) atoms. The smallest absolute Gasteiger partial charge is 0.230 e. The molecule has 2 N–H and O–H groups in total. The minimum absolute atomic E-state index is 0.175. The van der Waals surface area contributed by atoms with E-state index in [2.05, 4.69) is 5.32 Å². The van der Waals surface area contributed by atoms with Gasteiger partial charge in [-0.05, 0) is 62.1 Å². The topological polar surface area (TPSA) is 49.3 Å². The first-order chi connectivity index (χ1) is 10.6. The highest BCUT2D eigenvalue weighted by Gasteiger charge is 2.46. The molecular formula is C18H24ClNO2. The largest absolute Gasteiger partial charge is 0.396 e. The van der Waals surface area contributed by atoms with Crippen LogP contribution in [0.1, 0.15) is 50.5 Å². The van der Waals surface area contributed by atoms with Crippen molar-refractivity contribution in [2.24, 2.45) is 5.92 Å². The van der Waals surface area contributed by atoms with Gasteiger partial charge in [-0.3, -0.25) is 4.79 Å². The van der Waals surface area contributed by atoms with Crippen molar-refractivity contribution in [2.45, 2.75) is 56.4 Å². The van der Waals surface area contributed by atoms with E-state index in [1.807, 2.05) is 24.3 Å². The highest BCUT2D eigenvalue weighted by atomic mass is 35.5. The van der Waals surface area contributed by atoms with E-state index in [-0.39, 0.29) is 24.0 Å². The molecule has 120 valence electrons. The molecule has 1 aromatic rings. The van der Waals surface area contributed by atoms with Gasteiger partial charge in [0.05, 0.1) is 5.41 Å². The zero-order valence-corrected chi connectivity index (χ0v) is 13.6. The zero-order chi connectivity index (χ0) is 15.6. The lowest BCUT2D eigenvalue weighted by Crippen LogP contribution is -2.52. The predicted octanol–water partition coefficient (Wildman–Crippen LogP) is 3.43. The lowest BCUT2D eigenvalue weighted by Gasteiger charge is -2.42. The Bertz CT molecular complexity index is 516. The molecule has 3 nitrogen and oxygen atoms in total. The van der Waals surface area contributed by atoms with Crippen LogP contribution in [-0.4, -0.2) is 23.7 Å². The summed E-state index contributed by atoms with van der Waals surface area (Å²) >= 11 is 5.96. The average Bonchev–Trinajstić information content (AvgIpc) is 2.49. The minimum Gasteiger partial charge on any atom is -0.396 e. The Balaban J connectivity index is 1.66. The van der Waals surface area contributed by atoms with Crippen molar-refractivity contribution in [2.75, 3.05) is 6.61 Å². The second-order valence-corrected chi connectivity index (χ2v) is 7.25. The number of nitrogens with one attached hydrogen (secondary N) is 1. The maximum absolute atomic E-state index is 12.9. The van der Waals surface area contributed by atoms with Gasteiger partial charge in [0.1, 0.15) is 0 Å². The van der Waals surface area contributed by atoms with E-state index in [9.17, 15) is 9.90 Å². The van der Waals surface area contributed by atoms with Crippen molar-refractivity contribution < 1.29 is 9.90 Å². The van der Waals surface area contributed by atoms with Gasteiger partial charge in [0.2, 0.25) is 5.91 Å². The summed E-state index contributed by atoms with van der Waals surface area (Å²) in [5.41, 5.74) is 0.739. The number of halogens is 1. The molecule has 0 atom stereocenters. The van der Waals surface area contributed by atoms with Crippen LogP contribution in [0, 0.1) is 5.92 Å². The molecule has 0 heterocycles. The van der Waals surface area contributed by atoms with Crippen molar-refractivity contribution in [3.63, 3.8) is 0 Å². The molecule has 2 fully saturated rings. The zero-order valence-electron chi connectivity index (χ0n) is 12.9. The van der Waals surface area contributed by atoms with Gasteiger partial charge in [0, 0.05) is 17.7 Å². The fraction of sp³-hybridized carbons (Fsp3) is 0.611. The number of rotatable bonds is 4. The Morgan fingerprint density at radius 2 is 1.82 bits per heavy atom. The molecule has 1 aromatic carbocycles. The fourth-order valence-electron chi connectivity index (χ4n) is 3.76. The predicted molar refractivity (Wildman–Crippen MR) is 88.0 cm³/mol. The summed E-state index contributed by atoms with van der Waals surface area (Å²) in [6.45, 7) is 0.273. The third-order valence-corrected chi connectivity index (χ3v) is 5.73. The molecule has 4 heteroatoms. The van der Waals surface area contributed by atoms with Crippen molar-refractivity contribution >= 4 is 17.5 Å². The maximum atomic E-state index is 12.9. The van der Waals surface area contributed by atoms with Crippen LogP contribution in [0.5, 0.6) is 0 Å². The summed E-state index contributed by atoms with van der Waals surface area (Å²) in [7, 11) is 0. The molecule has 0 bridgehead atoms. The number of aliphatic hydroxyl groups excluding tert-OH is 1. The normalized spacial score (nSPS) is 27.0. The van der Waals surface area contributed by atoms with Gasteiger partial charge in [-0.25, -0.2) is 0 Å². The van der Waals surface area contributed by atoms with Crippen LogP contribution in [0.2, 0.25) is 5.02 Å². The van der Waals surface area contributed by atoms with E-state index in [0.717, 1.165) is 50.5 Å². The van der Waals surface area contributed by atoms with Crippen LogP contribution in [0.15, 0.2) is 24.3 Å². The standard InChI is InChI=1S/C18H24ClNO2/c19-15-6-4-14(5-7-15)18(10-1-11-18)17(22)20-16-8-2-13(12-21)3-9-16/h4-7,13,16,21H,1-3,8-12H2,(H,20,22). The summed E-state index contributed by atoms with van der Waals surface area (Å²) < 4.78 is 0. The van der Waals surface area contributed by atoms with Crippen molar-refractivity contribution in [3.05, 3.63) is 34.9 Å². The molecular weight excluding hydrogens is 298 g/mol. The Morgan fingerprint density at radius 3 is 2.32 bits per heavy atom. The Labute approximate surface area is 137 Å². The van der Waals surface area contributed by atoms with Gasteiger partial charge in [-0.2, -0.15) is 0 Å². The number of hydrogen-bond donors (Lipinski definition) is 2. The maximum Gasteiger partial charge on any atom is 0.230 e. The van der Waals surface area contributed by atoms with Crippen LogP contribution in [0.3, 0.4) is 0 Å². The van der Waals surface area contributed by atoms with Gasteiger partial charge < -0.3 is 10.4 Å². The Kier molecular flexibility index (Phi) is 4.74. The van der Waals surface area contributed by atoms with E-state index in [1.165, 1.54) is 0 Å². The van der Waals surface area contributed by atoms with E-state index >= 15 is 0 Å². The number of carbonyl (C=O) groups is 1. The van der Waals surface area contributed by atoms with Crippen molar-refractivity contribution in [1.29, 1.82) is 0 Å². The molecule has 0 unspecified atom stereocenters. The number of benzene rings is 1. The van der Waals surface area contributed by atoms with Gasteiger partial charge in [0.25, 0.3) is 0 Å². The van der Waals surface area contributed by atoms with Gasteiger partial charge >= 0.3 is 0 Å². The minimum atomic E-state index is -0.349. The summed E-state index contributed by atoms with van der Waals surface area (Å²) in [6.07, 6.45) is 6.93. The molecule has 2 aliphatic rings. The van der Waals surface area contributed by atoms with Crippen LogP contribution in [0.25, 0.3) is 0 Å². The molecule has 3 rings (SSSR count). The van der Waals surface area contributed by atoms with Gasteiger partial charge in [-0.1, -0.05) is 30.2 Å². The number of aliphatic hydroxyl groups is 1. The van der Waals surface area contributed by atoms with E-state index in [4.69, 9.17) is 11.6 Å². The lowest BCUT2D eigenvalue weighted by molar-refractivity contribution is -0.131. The SMILES string of the molecule is O=C(NC1CCC(CO)CC1)C1(c2ccc(Cl)cc2)CCC1. The van der Waals surface area contributed by atoms with Crippen molar-refractivity contribution in [3.8, 4) is 0 Å². The van der Waals surface area contributed by atoms with Crippen molar-refractivity contribution in [1.82, 2.24) is 5.32 Å². The molecule has 0 radical (unpaired) electrons. The Morgan fingerprint density at radius 1 is 1.18 bits per heavy atom. The first kappa shape index (κ1) is 15.8. The second kappa shape index (κ2) is 6.59. The highest BCUT2D eigenvalue weighted by molar-refractivity contribution is 6.30. The molecule has 0 saturated heterocycles. The van der Waals surface area contributed by atoms with Gasteiger partial charge in [-0.15, -0.1) is 0 Å². The summed E-state index contributed by atoms with van der Waals surface area (Å²) in [5, 5.41) is 13.2. The van der Waals surface area contributed by atoms with Crippen LogP contribution in [0.4, 0.5) is 0 Å². The summed E-state index contributed by atoms with van der Waals surface area (Å²) in [4.78, 5) is 12.9. The molecule has 0 spiro atoms. The van der Waals surface area contributed by atoms with E-state index in [1.54, 1.807) is 0 Å². The highest BCUT2D eigenvalue weighted by Crippen LogP contribution is 2.44. The molecule has 0 aliphatic heterocycles. The fourth-order valence-corrected chi connectivity index (χ4v) is 3.88. The summed E-state index contributed by atoms with van der Waals surface area (Å²) in [6, 6.07) is 7.99. The number of amides is 1. The Hall–Kier alpha value is -1.06. The number of carbonyl (C=O) groups excluding carboxylic acids is 1. The van der Waals surface area contributed by atoms with Crippen LogP contribution >= 0.6 is 11.6 Å². The van der Waals surface area contributed by atoms with E-state index in [0.29, 0.717) is 10.9 Å². The first-order valence-corrected chi connectivity index (χ1v) is 8.70. The molecule has 1 amide bonds. The quantitative estimate of drug-likeness (QED) is 0.892. The summed E-state index contributed by atoms with van der Waals surface area (Å²) in [5.74, 6) is 0.593. The third kappa shape index (κ3) is 3.02. The molecule has 2 aliphatic carbocycles. The average molecular weight is 322 g/mol. The van der Waals surface area contributed by atoms with E-state index < -0.39 is 0 Å². The lowest BCUT2D eigenvalue weighted by atomic mass is 9.63. The monoisotopic (exact) mass is 321 g/mol. The first-order valence-electron chi connectivity index (χ1n) is 8.32.